The molecule has 0 fully saturated rings. The molecule has 4 rings (SSSR count). The number of aromatic nitrogens is 4. The molecule has 0 saturated heterocycles. The van der Waals surface area contributed by atoms with Crippen LogP contribution in [0.1, 0.15) is 5.56 Å². The summed E-state index contributed by atoms with van der Waals surface area (Å²) in [7, 11) is -3.62. The fourth-order valence-corrected chi connectivity index (χ4v) is 3.68. The monoisotopic (exact) mass is 365 g/mol. The van der Waals surface area contributed by atoms with E-state index in [1.807, 2.05) is 19.1 Å². The van der Waals surface area contributed by atoms with Gasteiger partial charge < -0.3 is 0 Å². The Morgan fingerprint density at radius 3 is 2.42 bits per heavy atom. The number of nitrogens with one attached hydrogen (secondary N) is 2. The van der Waals surface area contributed by atoms with Gasteiger partial charge in [-0.2, -0.15) is 5.10 Å². The first-order valence-electron chi connectivity index (χ1n) is 7.87. The van der Waals surface area contributed by atoms with Crippen LogP contribution in [0.5, 0.6) is 0 Å². The Balaban J connectivity index is 1.62. The van der Waals surface area contributed by atoms with Crippen LogP contribution in [0.2, 0.25) is 0 Å². The van der Waals surface area contributed by atoms with E-state index >= 15 is 0 Å². The normalized spacial score (nSPS) is 11.6. The van der Waals surface area contributed by atoms with Gasteiger partial charge in [0, 0.05) is 11.3 Å². The zero-order valence-corrected chi connectivity index (χ0v) is 14.7. The Hall–Kier alpha value is -3.26. The van der Waals surface area contributed by atoms with Crippen LogP contribution in [0.4, 0.5) is 5.69 Å². The van der Waals surface area contributed by atoms with E-state index in [0.717, 1.165) is 22.2 Å². The van der Waals surface area contributed by atoms with Crippen molar-refractivity contribution in [2.75, 3.05) is 4.72 Å². The Kier molecular flexibility index (Phi) is 3.89. The summed E-state index contributed by atoms with van der Waals surface area (Å²) in [6.07, 6.45) is 3.13. The second kappa shape index (κ2) is 6.23. The molecule has 4 aromatic rings. The van der Waals surface area contributed by atoms with Gasteiger partial charge >= 0.3 is 0 Å². The van der Waals surface area contributed by atoms with Gasteiger partial charge in [-0.05, 0) is 31.2 Å². The number of sulfonamides is 1. The summed E-state index contributed by atoms with van der Waals surface area (Å²) in [6, 6.07) is 13.7. The molecule has 26 heavy (non-hydrogen) atoms. The summed E-state index contributed by atoms with van der Waals surface area (Å²) in [6.45, 7) is 1.91. The minimum Gasteiger partial charge on any atom is -0.280 e. The minimum absolute atomic E-state index is 0.225. The first kappa shape index (κ1) is 16.2. The van der Waals surface area contributed by atoms with Crippen LogP contribution >= 0.6 is 0 Å². The molecule has 0 aliphatic heterocycles. The van der Waals surface area contributed by atoms with E-state index in [1.54, 1.807) is 42.6 Å². The van der Waals surface area contributed by atoms with Crippen LogP contribution in [0, 0.1) is 6.92 Å². The van der Waals surface area contributed by atoms with Crippen molar-refractivity contribution >= 4 is 26.7 Å². The van der Waals surface area contributed by atoms with Crippen molar-refractivity contribution in [3.63, 3.8) is 0 Å². The molecule has 7 nitrogen and oxygen atoms in total. The lowest BCUT2D eigenvalue weighted by molar-refractivity contribution is 0.601. The molecular formula is C18H15N5O2S. The standard InChI is InChI=1S/C18H15N5O2S/c1-12-2-8-15(9-3-12)26(24,25)23-14-6-4-13(5-7-14)17-16-10-21-22-18(16)20-11-19-17/h2-11,23H,1H3,(H,19,20,21,22). The lowest BCUT2D eigenvalue weighted by Gasteiger charge is -2.09. The third-order valence-electron chi connectivity index (χ3n) is 3.99. The van der Waals surface area contributed by atoms with E-state index in [2.05, 4.69) is 24.9 Å². The lowest BCUT2D eigenvalue weighted by Crippen LogP contribution is -2.12. The highest BCUT2D eigenvalue weighted by atomic mass is 32.2. The van der Waals surface area contributed by atoms with Crippen molar-refractivity contribution in [3.8, 4) is 11.3 Å². The molecular weight excluding hydrogens is 350 g/mol. The molecule has 0 amide bonds. The number of aromatic amines is 1. The quantitative estimate of drug-likeness (QED) is 0.579. The van der Waals surface area contributed by atoms with Crippen LogP contribution in [0.25, 0.3) is 22.3 Å². The van der Waals surface area contributed by atoms with Crippen LogP contribution in [0.3, 0.4) is 0 Å². The van der Waals surface area contributed by atoms with Crippen molar-refractivity contribution in [1.82, 2.24) is 20.2 Å². The molecule has 0 bridgehead atoms. The maximum absolute atomic E-state index is 12.5. The summed E-state index contributed by atoms with van der Waals surface area (Å²) in [5.74, 6) is 0. The van der Waals surface area contributed by atoms with E-state index in [4.69, 9.17) is 0 Å². The fraction of sp³-hybridized carbons (Fsp3) is 0.0556. The highest BCUT2D eigenvalue weighted by Gasteiger charge is 2.14. The van der Waals surface area contributed by atoms with Crippen LogP contribution in [0.15, 0.2) is 66.0 Å². The lowest BCUT2D eigenvalue weighted by atomic mass is 10.1. The summed E-state index contributed by atoms with van der Waals surface area (Å²) in [5, 5.41) is 7.58. The smallest absolute Gasteiger partial charge is 0.261 e. The Morgan fingerprint density at radius 2 is 1.69 bits per heavy atom. The zero-order valence-electron chi connectivity index (χ0n) is 13.8. The highest BCUT2D eigenvalue weighted by Crippen LogP contribution is 2.26. The molecule has 130 valence electrons. The molecule has 0 aliphatic carbocycles. The molecule has 0 unspecified atom stereocenters. The first-order valence-corrected chi connectivity index (χ1v) is 9.35. The third kappa shape index (κ3) is 3.02. The molecule has 2 aromatic carbocycles. The van der Waals surface area contributed by atoms with E-state index in [-0.39, 0.29) is 4.90 Å². The van der Waals surface area contributed by atoms with Crippen LogP contribution < -0.4 is 4.72 Å². The number of aryl methyl sites for hydroxylation is 1. The number of anilines is 1. The number of benzene rings is 2. The maximum Gasteiger partial charge on any atom is 0.261 e. The van der Waals surface area contributed by atoms with E-state index < -0.39 is 10.0 Å². The number of nitrogens with zero attached hydrogens (tertiary/aromatic N) is 3. The molecule has 2 N–H and O–H groups in total. The molecule has 0 atom stereocenters. The third-order valence-corrected chi connectivity index (χ3v) is 5.39. The SMILES string of the molecule is Cc1ccc(S(=O)(=O)Nc2ccc(-c3ncnc4[nH]ncc34)cc2)cc1. The Labute approximate surface area is 150 Å². The number of hydrogen-bond donors (Lipinski definition) is 2. The van der Waals surface area contributed by atoms with Gasteiger partial charge in [-0.3, -0.25) is 9.82 Å². The van der Waals surface area contributed by atoms with Gasteiger partial charge in [0.15, 0.2) is 5.65 Å². The van der Waals surface area contributed by atoms with Gasteiger partial charge in [-0.15, -0.1) is 0 Å². The Morgan fingerprint density at radius 1 is 0.962 bits per heavy atom. The molecule has 2 heterocycles. The maximum atomic E-state index is 12.5. The van der Waals surface area contributed by atoms with Crippen LogP contribution in [-0.4, -0.2) is 28.6 Å². The molecule has 8 heteroatoms. The van der Waals surface area contributed by atoms with Gasteiger partial charge in [0.1, 0.15) is 6.33 Å². The van der Waals surface area contributed by atoms with Crippen LogP contribution in [-0.2, 0) is 10.0 Å². The fourth-order valence-electron chi connectivity index (χ4n) is 2.62. The number of H-pyrrole nitrogens is 1. The van der Waals surface area contributed by atoms with E-state index in [9.17, 15) is 8.42 Å². The second-order valence-electron chi connectivity index (χ2n) is 5.85. The molecule has 0 radical (unpaired) electrons. The summed E-state index contributed by atoms with van der Waals surface area (Å²) < 4.78 is 27.5. The predicted molar refractivity (Wildman–Crippen MR) is 99.1 cm³/mol. The topological polar surface area (TPSA) is 101 Å². The number of hydrogen-bond acceptors (Lipinski definition) is 5. The molecule has 0 aliphatic rings. The minimum atomic E-state index is -3.62. The number of fused-ring (bicyclic) bond motifs is 1. The largest absolute Gasteiger partial charge is 0.280 e. The van der Waals surface area contributed by atoms with Gasteiger partial charge in [0.2, 0.25) is 0 Å². The van der Waals surface area contributed by atoms with Crippen molar-refractivity contribution < 1.29 is 8.42 Å². The zero-order chi connectivity index (χ0) is 18.1. The number of rotatable bonds is 4. The van der Waals surface area contributed by atoms with Gasteiger partial charge in [0.25, 0.3) is 10.0 Å². The summed E-state index contributed by atoms with van der Waals surface area (Å²) >= 11 is 0. The van der Waals surface area contributed by atoms with Crippen molar-refractivity contribution in [2.24, 2.45) is 0 Å². The molecule has 0 spiro atoms. The van der Waals surface area contributed by atoms with E-state index in [1.165, 1.54) is 6.33 Å². The second-order valence-corrected chi connectivity index (χ2v) is 7.53. The van der Waals surface area contributed by atoms with Crippen molar-refractivity contribution in [1.29, 1.82) is 0 Å². The summed E-state index contributed by atoms with van der Waals surface area (Å²) in [4.78, 5) is 8.64. The molecule has 0 saturated carbocycles. The van der Waals surface area contributed by atoms with E-state index in [0.29, 0.717) is 11.3 Å². The van der Waals surface area contributed by atoms with Crippen molar-refractivity contribution in [2.45, 2.75) is 11.8 Å². The Bertz CT molecular complexity index is 1170. The average molecular weight is 365 g/mol. The predicted octanol–water partition coefficient (Wildman–Crippen LogP) is 3.13. The average Bonchev–Trinajstić information content (AvgIpc) is 3.11. The van der Waals surface area contributed by atoms with Gasteiger partial charge in [0.05, 0.1) is 22.2 Å². The van der Waals surface area contributed by atoms with Gasteiger partial charge in [-0.1, -0.05) is 29.8 Å². The molecule has 2 aromatic heterocycles. The van der Waals surface area contributed by atoms with Gasteiger partial charge in [-0.25, -0.2) is 18.4 Å². The first-order chi connectivity index (χ1) is 12.5. The van der Waals surface area contributed by atoms with Crippen molar-refractivity contribution in [3.05, 3.63) is 66.6 Å². The summed E-state index contributed by atoms with van der Waals surface area (Å²) in [5.41, 5.74) is 3.71. The highest BCUT2D eigenvalue weighted by molar-refractivity contribution is 7.92.